The molecular formula is C23H26N2O5S2. The minimum atomic E-state index is -3.52. The van der Waals surface area contributed by atoms with Crippen molar-refractivity contribution in [1.82, 2.24) is 4.72 Å². The molecule has 0 radical (unpaired) electrons. The summed E-state index contributed by atoms with van der Waals surface area (Å²) < 4.78 is 32.8. The number of carbonyl (C=O) groups is 2. The monoisotopic (exact) mass is 474 g/mol. The van der Waals surface area contributed by atoms with Crippen LogP contribution < -0.4 is 10.0 Å². The van der Waals surface area contributed by atoms with E-state index in [0.29, 0.717) is 23.5 Å². The van der Waals surface area contributed by atoms with E-state index >= 15 is 0 Å². The van der Waals surface area contributed by atoms with Crippen molar-refractivity contribution >= 4 is 49.0 Å². The van der Waals surface area contributed by atoms with Gasteiger partial charge in [-0.2, -0.15) is 0 Å². The highest BCUT2D eigenvalue weighted by molar-refractivity contribution is 7.89. The maximum atomic E-state index is 12.4. The topological polar surface area (TPSA) is 102 Å². The molecule has 0 aliphatic heterocycles. The van der Waals surface area contributed by atoms with Gasteiger partial charge < -0.3 is 10.1 Å². The number of benzene rings is 2. The average molecular weight is 475 g/mol. The molecule has 0 fully saturated rings. The molecule has 0 saturated carbocycles. The molecule has 1 amide bonds. The van der Waals surface area contributed by atoms with Crippen molar-refractivity contribution in [3.63, 3.8) is 0 Å². The maximum absolute atomic E-state index is 12.4. The molecule has 0 atom stereocenters. The molecule has 1 heterocycles. The van der Waals surface area contributed by atoms with Gasteiger partial charge in [-0.15, -0.1) is 11.3 Å². The molecule has 7 nitrogen and oxygen atoms in total. The molecular weight excluding hydrogens is 448 g/mol. The van der Waals surface area contributed by atoms with E-state index in [4.69, 9.17) is 4.74 Å². The second kappa shape index (κ2) is 10.2. The van der Waals surface area contributed by atoms with Gasteiger partial charge in [-0.1, -0.05) is 26.0 Å². The summed E-state index contributed by atoms with van der Waals surface area (Å²) in [6, 6.07) is 13.8. The number of esters is 1. The van der Waals surface area contributed by atoms with E-state index in [1.165, 1.54) is 18.4 Å². The van der Waals surface area contributed by atoms with Crippen molar-refractivity contribution in [3.8, 4) is 0 Å². The summed E-state index contributed by atoms with van der Waals surface area (Å²) in [5.41, 5.74) is 1.52. The lowest BCUT2D eigenvalue weighted by molar-refractivity contribution is -0.116. The SMILES string of the molecule is COC(=O)c1cc2cc(NC(=O)CCc3ccc(S(=O)(=O)NCC(C)C)cc3)ccc2s1. The molecule has 170 valence electrons. The first-order valence-electron chi connectivity index (χ1n) is 10.2. The minimum Gasteiger partial charge on any atom is -0.465 e. The van der Waals surface area contributed by atoms with E-state index in [9.17, 15) is 18.0 Å². The molecule has 0 aliphatic carbocycles. The Bertz CT molecular complexity index is 1210. The number of anilines is 1. The number of hydrogen-bond acceptors (Lipinski definition) is 6. The predicted octanol–water partition coefficient (Wildman–Crippen LogP) is 4.19. The molecule has 3 rings (SSSR count). The summed E-state index contributed by atoms with van der Waals surface area (Å²) in [6.45, 7) is 4.26. The molecule has 2 N–H and O–H groups in total. The normalized spacial score (nSPS) is 11.6. The number of amides is 1. The fraction of sp³-hybridized carbons (Fsp3) is 0.304. The van der Waals surface area contributed by atoms with Gasteiger partial charge in [0.25, 0.3) is 0 Å². The van der Waals surface area contributed by atoms with Crippen LogP contribution in [0.5, 0.6) is 0 Å². The summed E-state index contributed by atoms with van der Waals surface area (Å²) in [6.07, 6.45) is 0.742. The lowest BCUT2D eigenvalue weighted by atomic mass is 10.1. The second-order valence-corrected chi connectivity index (χ2v) is 10.6. The Hall–Kier alpha value is -2.75. The van der Waals surface area contributed by atoms with E-state index in [1.807, 2.05) is 26.0 Å². The van der Waals surface area contributed by atoms with Gasteiger partial charge in [0.15, 0.2) is 0 Å². The van der Waals surface area contributed by atoms with Gasteiger partial charge in [-0.05, 0) is 59.7 Å². The zero-order chi connectivity index (χ0) is 23.3. The average Bonchev–Trinajstić information content (AvgIpc) is 3.19. The van der Waals surface area contributed by atoms with Gasteiger partial charge in [0.1, 0.15) is 4.88 Å². The maximum Gasteiger partial charge on any atom is 0.348 e. The lowest BCUT2D eigenvalue weighted by Crippen LogP contribution is -2.27. The molecule has 9 heteroatoms. The van der Waals surface area contributed by atoms with Gasteiger partial charge >= 0.3 is 5.97 Å². The summed E-state index contributed by atoms with van der Waals surface area (Å²) in [4.78, 5) is 24.8. The number of rotatable bonds is 9. The number of methoxy groups -OCH3 is 1. The number of aryl methyl sites for hydroxylation is 1. The van der Waals surface area contributed by atoms with Gasteiger partial charge in [0.05, 0.1) is 12.0 Å². The van der Waals surface area contributed by atoms with Crippen molar-refractivity contribution < 1.29 is 22.7 Å². The van der Waals surface area contributed by atoms with Gasteiger partial charge in [-0.3, -0.25) is 4.79 Å². The highest BCUT2D eigenvalue weighted by Crippen LogP contribution is 2.28. The van der Waals surface area contributed by atoms with E-state index < -0.39 is 10.0 Å². The Morgan fingerprint density at radius 1 is 1.06 bits per heavy atom. The first-order chi connectivity index (χ1) is 15.2. The van der Waals surface area contributed by atoms with Crippen LogP contribution in [0, 0.1) is 5.92 Å². The second-order valence-electron chi connectivity index (χ2n) is 7.79. The highest BCUT2D eigenvalue weighted by atomic mass is 32.2. The van der Waals surface area contributed by atoms with E-state index in [1.54, 1.807) is 36.4 Å². The molecule has 2 aromatic carbocycles. The third-order valence-corrected chi connectivity index (χ3v) is 7.28. The van der Waals surface area contributed by atoms with Crippen LogP contribution in [0.1, 0.15) is 35.5 Å². The van der Waals surface area contributed by atoms with Gasteiger partial charge in [-0.25, -0.2) is 17.9 Å². The van der Waals surface area contributed by atoms with Gasteiger partial charge in [0, 0.05) is 23.4 Å². The first-order valence-corrected chi connectivity index (χ1v) is 12.5. The van der Waals surface area contributed by atoms with E-state index in [-0.39, 0.29) is 29.1 Å². The number of fused-ring (bicyclic) bond motifs is 1. The van der Waals surface area contributed by atoms with Crippen LogP contribution in [0.3, 0.4) is 0 Å². The van der Waals surface area contributed by atoms with Crippen molar-refractivity contribution in [2.45, 2.75) is 31.6 Å². The van der Waals surface area contributed by atoms with Crippen molar-refractivity contribution in [3.05, 3.63) is 59.0 Å². The van der Waals surface area contributed by atoms with E-state index in [0.717, 1.165) is 15.6 Å². The zero-order valence-corrected chi connectivity index (χ0v) is 19.8. The van der Waals surface area contributed by atoms with Crippen LogP contribution in [0.4, 0.5) is 5.69 Å². The number of carbonyl (C=O) groups excluding carboxylic acids is 2. The molecule has 1 aromatic heterocycles. The number of nitrogens with one attached hydrogen (secondary N) is 2. The summed E-state index contributed by atoms with van der Waals surface area (Å²) in [5, 5.41) is 3.72. The van der Waals surface area contributed by atoms with Crippen molar-refractivity contribution in [2.75, 3.05) is 19.0 Å². The molecule has 0 spiro atoms. The molecule has 0 unspecified atom stereocenters. The van der Waals surface area contributed by atoms with Crippen LogP contribution >= 0.6 is 11.3 Å². The van der Waals surface area contributed by atoms with Crippen LogP contribution in [0.25, 0.3) is 10.1 Å². The Labute approximate surface area is 191 Å². The van der Waals surface area contributed by atoms with Crippen molar-refractivity contribution in [1.29, 1.82) is 0 Å². The molecule has 0 saturated heterocycles. The van der Waals surface area contributed by atoms with Crippen LogP contribution in [-0.4, -0.2) is 33.9 Å². The highest BCUT2D eigenvalue weighted by Gasteiger charge is 2.14. The number of hydrogen-bond donors (Lipinski definition) is 2. The Morgan fingerprint density at radius 2 is 1.78 bits per heavy atom. The lowest BCUT2D eigenvalue weighted by Gasteiger charge is -2.09. The minimum absolute atomic E-state index is 0.150. The zero-order valence-electron chi connectivity index (χ0n) is 18.2. The Morgan fingerprint density at radius 3 is 2.44 bits per heavy atom. The fourth-order valence-electron chi connectivity index (χ4n) is 3.00. The van der Waals surface area contributed by atoms with Crippen LogP contribution in [0.15, 0.2) is 53.4 Å². The summed E-state index contributed by atoms with van der Waals surface area (Å²) in [7, 11) is -2.18. The van der Waals surface area contributed by atoms with Crippen molar-refractivity contribution in [2.24, 2.45) is 5.92 Å². The fourth-order valence-corrected chi connectivity index (χ4v) is 5.17. The summed E-state index contributed by atoms with van der Waals surface area (Å²) in [5.74, 6) is -0.313. The first kappa shape index (κ1) is 23.9. The summed E-state index contributed by atoms with van der Waals surface area (Å²) >= 11 is 1.34. The molecule has 0 aliphatic rings. The Kier molecular flexibility index (Phi) is 7.65. The third kappa shape index (κ3) is 6.15. The number of thiophene rings is 1. The number of ether oxygens (including phenoxy) is 1. The molecule has 3 aromatic rings. The quantitative estimate of drug-likeness (QED) is 0.453. The molecule has 0 bridgehead atoms. The number of sulfonamides is 1. The van der Waals surface area contributed by atoms with Gasteiger partial charge in [0.2, 0.25) is 15.9 Å². The van der Waals surface area contributed by atoms with Crippen LogP contribution in [-0.2, 0) is 26.0 Å². The third-order valence-electron chi connectivity index (χ3n) is 4.74. The Balaban J connectivity index is 1.57. The van der Waals surface area contributed by atoms with E-state index in [2.05, 4.69) is 10.0 Å². The smallest absolute Gasteiger partial charge is 0.348 e. The largest absolute Gasteiger partial charge is 0.465 e. The predicted molar refractivity (Wildman–Crippen MR) is 127 cm³/mol. The molecule has 32 heavy (non-hydrogen) atoms. The van der Waals surface area contributed by atoms with Crippen LogP contribution in [0.2, 0.25) is 0 Å². The standard InChI is InChI=1S/C23H26N2O5S2/c1-15(2)14-24-32(28,29)19-8-4-16(5-9-19)6-11-22(26)25-18-7-10-20-17(12-18)13-21(31-20)23(27)30-3/h4-5,7-10,12-13,15,24H,6,11,14H2,1-3H3,(H,25,26).